The maximum absolute atomic E-state index is 11.3. The van der Waals surface area contributed by atoms with Crippen LogP contribution in [0.2, 0.25) is 0 Å². The molecular weight excluding hydrogens is 1150 g/mol. The molecule has 15 nitrogen and oxygen atoms in total. The highest BCUT2D eigenvalue weighted by Crippen LogP contribution is 2.31. The first-order valence-corrected chi connectivity index (χ1v) is 29.3. The molecule has 0 saturated heterocycles. The molecule has 3 heterocycles. The van der Waals surface area contributed by atoms with Crippen LogP contribution >= 0.6 is 0 Å². The number of aryl methyl sites for hydroxylation is 2. The van der Waals surface area contributed by atoms with Gasteiger partial charge < -0.3 is 43.7 Å². The second-order valence-electron chi connectivity index (χ2n) is 21.4. The Morgan fingerprint density at radius 1 is 0.330 bits per heavy atom. The molecule has 0 amide bonds. The summed E-state index contributed by atoms with van der Waals surface area (Å²) in [7, 11) is 0. The van der Waals surface area contributed by atoms with E-state index < -0.39 is 17.9 Å². The Kier molecular flexibility index (Phi) is 20.5. The Balaban J connectivity index is 0.000000150. The van der Waals surface area contributed by atoms with Crippen molar-refractivity contribution in [2.24, 2.45) is 0 Å². The van der Waals surface area contributed by atoms with Crippen molar-refractivity contribution in [3.05, 3.63) is 303 Å². The van der Waals surface area contributed by atoms with E-state index in [1.807, 2.05) is 203 Å². The van der Waals surface area contributed by atoms with Crippen LogP contribution in [0.15, 0.2) is 231 Å². The topological polar surface area (TPSA) is 206 Å². The van der Waals surface area contributed by atoms with Gasteiger partial charge in [0.15, 0.2) is 0 Å². The van der Waals surface area contributed by atoms with Crippen LogP contribution in [0.5, 0.6) is 34.5 Å². The van der Waals surface area contributed by atoms with Gasteiger partial charge in [-0.3, -0.25) is 0 Å². The van der Waals surface area contributed by atoms with Gasteiger partial charge in [0, 0.05) is 21.7 Å². The van der Waals surface area contributed by atoms with Gasteiger partial charge in [-0.1, -0.05) is 115 Å². The van der Waals surface area contributed by atoms with E-state index in [0.717, 1.165) is 106 Å². The molecule has 0 aliphatic heterocycles. The Morgan fingerprint density at radius 2 is 0.725 bits per heavy atom. The first-order valence-electron chi connectivity index (χ1n) is 29.3. The number of carbonyl (C=O) groups is 3. The van der Waals surface area contributed by atoms with E-state index in [4.69, 9.17) is 38.6 Å². The van der Waals surface area contributed by atoms with E-state index in [1.165, 1.54) is 0 Å². The predicted molar refractivity (Wildman–Crippen MR) is 350 cm³/mol. The van der Waals surface area contributed by atoms with Crippen molar-refractivity contribution < 1.29 is 58.1 Å². The summed E-state index contributed by atoms with van der Waals surface area (Å²) in [6.07, 6.45) is 0. The number of carboxylic acids is 3. The summed E-state index contributed by atoms with van der Waals surface area (Å²) in [4.78, 5) is 47.4. The average Bonchev–Trinajstić information content (AvgIpc) is 2.17. The number of rotatable bonds is 21. The van der Waals surface area contributed by atoms with Crippen LogP contribution in [-0.4, -0.2) is 48.2 Å². The van der Waals surface area contributed by atoms with Gasteiger partial charge in [-0.25, -0.2) is 29.3 Å². The van der Waals surface area contributed by atoms with Crippen molar-refractivity contribution >= 4 is 50.6 Å². The van der Waals surface area contributed by atoms with Crippen molar-refractivity contribution in [2.75, 3.05) is 0 Å². The molecule has 0 bridgehead atoms. The molecule has 0 unspecified atom stereocenters. The second-order valence-corrected chi connectivity index (χ2v) is 21.4. The molecule has 0 aliphatic rings. The Labute approximate surface area is 526 Å². The largest absolute Gasteiger partial charge is 0.489 e. The lowest BCUT2D eigenvalue weighted by Crippen LogP contribution is -2.06. The van der Waals surface area contributed by atoms with Crippen molar-refractivity contribution in [3.63, 3.8) is 0 Å². The van der Waals surface area contributed by atoms with Gasteiger partial charge >= 0.3 is 17.9 Å². The number of carboxylic acid groups (broad SMARTS) is 3. The Hall–Kier alpha value is -11.6. The zero-order valence-corrected chi connectivity index (χ0v) is 50.5. The number of aromatic nitrogens is 3. The van der Waals surface area contributed by atoms with E-state index in [9.17, 15) is 19.5 Å². The molecular formula is C76H65N3O12. The fourth-order valence-electron chi connectivity index (χ4n) is 9.82. The minimum Gasteiger partial charge on any atom is -0.489 e. The zero-order valence-electron chi connectivity index (χ0n) is 50.5. The number of hydrogen-bond acceptors (Lipinski definition) is 12. The van der Waals surface area contributed by atoms with Crippen molar-refractivity contribution in [2.45, 2.75) is 67.3 Å². The molecule has 12 aromatic rings. The van der Waals surface area contributed by atoms with Crippen LogP contribution in [0.25, 0.3) is 32.7 Å². The number of pyridine rings is 3. The third-order valence-electron chi connectivity index (χ3n) is 14.8. The number of para-hydroxylation sites is 3. The summed E-state index contributed by atoms with van der Waals surface area (Å²) in [6.45, 7) is 9.64. The smallest absolute Gasteiger partial charge is 0.335 e. The highest BCUT2D eigenvalue weighted by molar-refractivity contribution is 5.90. The Bertz CT molecular complexity index is 4570. The molecule has 12 rings (SSSR count). The number of hydrogen-bond donors (Lipinski definition) is 3. The van der Waals surface area contributed by atoms with Crippen LogP contribution in [0.3, 0.4) is 0 Å². The first kappa shape index (κ1) is 62.5. The average molecular weight is 1210 g/mol. The molecule has 0 radical (unpaired) electrons. The van der Waals surface area contributed by atoms with Gasteiger partial charge in [-0.05, 0) is 176 Å². The number of benzene rings is 9. The predicted octanol–water partition coefficient (Wildman–Crippen LogP) is 16.5. The summed E-state index contributed by atoms with van der Waals surface area (Å²) in [5, 5.41) is 30.8. The quantitative estimate of drug-likeness (QED) is 0.0612. The van der Waals surface area contributed by atoms with E-state index in [2.05, 4.69) is 15.0 Å². The third-order valence-corrected chi connectivity index (χ3v) is 14.8. The molecule has 3 aromatic heterocycles. The van der Waals surface area contributed by atoms with Crippen LogP contribution in [0.1, 0.15) is 87.1 Å². The van der Waals surface area contributed by atoms with Gasteiger partial charge in [-0.2, -0.15) is 0 Å². The molecule has 0 fully saturated rings. The maximum Gasteiger partial charge on any atom is 0.335 e. The summed E-state index contributed by atoms with van der Waals surface area (Å²) >= 11 is 0. The summed E-state index contributed by atoms with van der Waals surface area (Å²) < 4.78 is 35.5. The van der Waals surface area contributed by atoms with Gasteiger partial charge in [0.2, 0.25) is 0 Å². The van der Waals surface area contributed by atoms with E-state index in [0.29, 0.717) is 50.1 Å². The summed E-state index contributed by atoms with van der Waals surface area (Å²) in [5.74, 6) is 1.52. The molecule has 0 atom stereocenters. The highest BCUT2D eigenvalue weighted by Gasteiger charge is 2.14. The lowest BCUT2D eigenvalue weighted by atomic mass is 10.0. The molecule has 9 aromatic carbocycles. The zero-order chi connectivity index (χ0) is 63.6. The molecule has 0 saturated carbocycles. The van der Waals surface area contributed by atoms with Crippen LogP contribution in [0.4, 0.5) is 0 Å². The number of fused-ring (bicyclic) bond motifs is 3. The monoisotopic (exact) mass is 1210 g/mol. The number of ether oxygens (including phenoxy) is 6. The fourth-order valence-corrected chi connectivity index (χ4v) is 9.82. The van der Waals surface area contributed by atoms with Crippen LogP contribution < -0.4 is 28.4 Å². The minimum atomic E-state index is -0.949. The molecule has 91 heavy (non-hydrogen) atoms. The SMILES string of the molecule is Cc1c(OCc2ccc3ccccc3n2)cccc1OCc1cccc(C(=O)O)c1C.Cc1cc(OCc2ccc3ccccc3n2)ccc1OCc1cccc(C(=O)O)c1.Cc1cc(OCc2cccc(C(=O)O)c2)ccc1OCc1ccc2ccccc2n1. The molecule has 456 valence electrons. The lowest BCUT2D eigenvalue weighted by Gasteiger charge is -2.15. The highest BCUT2D eigenvalue weighted by atomic mass is 16.5. The second kappa shape index (κ2) is 29.9. The number of aromatic carboxylic acids is 3. The maximum atomic E-state index is 11.3. The van der Waals surface area contributed by atoms with Crippen molar-refractivity contribution in [1.82, 2.24) is 15.0 Å². The van der Waals surface area contributed by atoms with Crippen LogP contribution in [-0.2, 0) is 39.6 Å². The molecule has 15 heteroatoms. The third kappa shape index (κ3) is 16.9. The summed E-state index contributed by atoms with van der Waals surface area (Å²) in [6, 6.07) is 71.6. The Morgan fingerprint density at radius 3 is 1.19 bits per heavy atom. The van der Waals surface area contributed by atoms with Crippen LogP contribution in [0, 0.1) is 27.7 Å². The van der Waals surface area contributed by atoms with Gasteiger partial charge in [-0.15, -0.1) is 0 Å². The molecule has 3 N–H and O–H groups in total. The first-order chi connectivity index (χ1) is 44.2. The summed E-state index contributed by atoms with van der Waals surface area (Å²) in [5.41, 5.74) is 12.1. The van der Waals surface area contributed by atoms with Gasteiger partial charge in [0.1, 0.15) is 74.1 Å². The van der Waals surface area contributed by atoms with Gasteiger partial charge in [0.25, 0.3) is 0 Å². The van der Waals surface area contributed by atoms with E-state index in [-0.39, 0.29) is 23.3 Å². The number of nitrogens with zero attached hydrogens (tertiary/aromatic N) is 3. The minimum absolute atomic E-state index is 0.248. The lowest BCUT2D eigenvalue weighted by molar-refractivity contribution is 0.0685. The van der Waals surface area contributed by atoms with E-state index in [1.54, 1.807) is 55.5 Å². The molecule has 0 aliphatic carbocycles. The fraction of sp³-hybridized carbons (Fsp3) is 0.132. The van der Waals surface area contributed by atoms with Gasteiger partial charge in [0.05, 0.1) is 50.3 Å². The van der Waals surface area contributed by atoms with Crippen molar-refractivity contribution in [3.8, 4) is 34.5 Å². The molecule has 0 spiro atoms. The van der Waals surface area contributed by atoms with Crippen molar-refractivity contribution in [1.29, 1.82) is 0 Å². The van der Waals surface area contributed by atoms with E-state index >= 15 is 0 Å². The standard InChI is InChI=1S/C26H23NO4.2C25H21NO4/c1-17-20(8-5-9-22(17)26(28)29)15-30-24-11-6-12-25(18(24)2)31-16-21-14-13-19-7-3-4-10-23(19)27-21;1-17-13-22(29-16-21-10-9-19-6-2-3-8-23(19)26-21)11-12-24(17)30-15-18-5-4-7-20(14-18)25(27)28;1-17-13-22(29-15-18-5-4-7-20(14-18)25(27)28)11-12-24(17)30-16-21-10-9-19-6-2-3-8-23(19)26-21/h3-14H,15-16H2,1-2H3,(H,28,29);2*2-14H,15-16H2,1H3,(H,27,28). The normalized spacial score (nSPS) is 10.7.